The van der Waals surface area contributed by atoms with E-state index in [1.807, 2.05) is 0 Å². The average molecular weight is 260 g/mol. The number of carboxylic acid groups (broad SMARTS) is 1. The summed E-state index contributed by atoms with van der Waals surface area (Å²) in [6.45, 7) is 3.20. The van der Waals surface area contributed by atoms with Gasteiger partial charge in [0.15, 0.2) is 5.22 Å². The maximum absolute atomic E-state index is 11.2. The highest BCUT2D eigenvalue weighted by Gasteiger charge is 2.26. The van der Waals surface area contributed by atoms with Crippen LogP contribution in [0.15, 0.2) is 16.5 Å². The first-order chi connectivity index (χ1) is 8.16. The average Bonchev–Trinajstić information content (AvgIpc) is 2.73. The van der Waals surface area contributed by atoms with Crippen molar-refractivity contribution in [3.8, 4) is 0 Å². The van der Waals surface area contributed by atoms with Gasteiger partial charge in [0, 0.05) is 19.6 Å². The van der Waals surface area contributed by atoms with Gasteiger partial charge in [-0.15, -0.1) is 0 Å². The normalized spacial score (nSPS) is 19.1. The smallest absolute Gasteiger partial charge is 0.315 e. The van der Waals surface area contributed by atoms with E-state index in [9.17, 15) is 9.90 Å². The van der Waals surface area contributed by atoms with E-state index in [1.165, 1.54) is 0 Å². The molecule has 0 aromatic carbocycles. The minimum absolute atomic E-state index is 0.216. The number of hydrogen-bond donors (Lipinski definition) is 1. The molecule has 1 aliphatic heterocycles. The van der Waals surface area contributed by atoms with Crippen molar-refractivity contribution >= 4 is 17.6 Å². The van der Waals surface area contributed by atoms with Gasteiger partial charge in [-0.25, -0.2) is 0 Å². The van der Waals surface area contributed by atoms with Crippen LogP contribution in [0.1, 0.15) is 11.7 Å². The van der Waals surface area contributed by atoms with Gasteiger partial charge in [0.1, 0.15) is 11.7 Å². The molecule has 1 saturated heterocycles. The molecular weight excluding hydrogens is 246 g/mol. The fourth-order valence-electron chi connectivity index (χ4n) is 1.85. The molecule has 1 N–H and O–H groups in total. The first-order valence-electron chi connectivity index (χ1n) is 5.45. The van der Waals surface area contributed by atoms with Crippen LogP contribution in [-0.2, 0) is 9.53 Å². The monoisotopic (exact) mass is 259 g/mol. The highest BCUT2D eigenvalue weighted by molar-refractivity contribution is 6.28. The zero-order valence-corrected chi connectivity index (χ0v) is 10.0. The molecule has 1 aliphatic rings. The van der Waals surface area contributed by atoms with Crippen LogP contribution in [-0.4, -0.2) is 48.8 Å². The van der Waals surface area contributed by atoms with E-state index < -0.39 is 11.9 Å². The number of carboxylic acids is 1. The highest BCUT2D eigenvalue weighted by atomic mass is 35.5. The SMILES string of the molecule is O=C(O)C(CN1CCOCC1)c1ccc(Cl)o1. The van der Waals surface area contributed by atoms with Crippen LogP contribution in [0.3, 0.4) is 0 Å². The predicted octanol–water partition coefficient (Wildman–Crippen LogP) is 1.43. The fourth-order valence-corrected chi connectivity index (χ4v) is 2.00. The second-order valence-corrected chi connectivity index (χ2v) is 4.32. The van der Waals surface area contributed by atoms with Crippen molar-refractivity contribution in [1.29, 1.82) is 0 Å². The van der Waals surface area contributed by atoms with Crippen molar-refractivity contribution < 1.29 is 19.1 Å². The molecular formula is C11H14ClNO4. The summed E-state index contributed by atoms with van der Waals surface area (Å²) in [5, 5.41) is 9.42. The van der Waals surface area contributed by atoms with Gasteiger partial charge in [-0.1, -0.05) is 0 Å². The molecule has 1 atom stereocenters. The number of nitrogens with zero attached hydrogens (tertiary/aromatic N) is 1. The number of rotatable bonds is 4. The van der Waals surface area contributed by atoms with Crippen LogP contribution in [0.5, 0.6) is 0 Å². The Bertz CT molecular complexity index is 387. The summed E-state index contributed by atoms with van der Waals surface area (Å²) in [5.74, 6) is -1.18. The Morgan fingerprint density at radius 3 is 2.71 bits per heavy atom. The fraction of sp³-hybridized carbons (Fsp3) is 0.545. The summed E-state index contributed by atoms with van der Waals surface area (Å²) in [4.78, 5) is 13.3. The molecule has 1 unspecified atom stereocenters. The first kappa shape index (κ1) is 12.4. The van der Waals surface area contributed by atoms with Gasteiger partial charge < -0.3 is 14.3 Å². The topological polar surface area (TPSA) is 62.9 Å². The summed E-state index contributed by atoms with van der Waals surface area (Å²) in [5.41, 5.74) is 0. The van der Waals surface area contributed by atoms with Crippen LogP contribution < -0.4 is 0 Å². The quantitative estimate of drug-likeness (QED) is 0.886. The molecule has 1 aromatic heterocycles. The van der Waals surface area contributed by atoms with E-state index in [1.54, 1.807) is 12.1 Å². The van der Waals surface area contributed by atoms with Gasteiger partial charge in [-0.3, -0.25) is 9.69 Å². The molecule has 0 saturated carbocycles. The van der Waals surface area contributed by atoms with Gasteiger partial charge in [0.05, 0.1) is 13.2 Å². The molecule has 0 spiro atoms. The molecule has 1 aromatic rings. The summed E-state index contributed by atoms with van der Waals surface area (Å²) >= 11 is 5.66. The van der Waals surface area contributed by atoms with Crippen molar-refractivity contribution in [2.45, 2.75) is 5.92 Å². The number of carbonyl (C=O) groups is 1. The third kappa shape index (κ3) is 3.21. The Balaban J connectivity index is 2.04. The first-order valence-corrected chi connectivity index (χ1v) is 5.83. The minimum Gasteiger partial charge on any atom is -0.481 e. The lowest BCUT2D eigenvalue weighted by atomic mass is 10.1. The zero-order chi connectivity index (χ0) is 12.3. The van der Waals surface area contributed by atoms with Crippen LogP contribution in [0.2, 0.25) is 5.22 Å². The van der Waals surface area contributed by atoms with Gasteiger partial charge in [0.25, 0.3) is 0 Å². The maximum atomic E-state index is 11.2. The van der Waals surface area contributed by atoms with Crippen LogP contribution in [0, 0.1) is 0 Å². The van der Waals surface area contributed by atoms with Crippen LogP contribution >= 0.6 is 11.6 Å². The summed E-state index contributed by atoms with van der Waals surface area (Å²) in [7, 11) is 0. The summed E-state index contributed by atoms with van der Waals surface area (Å²) in [6.07, 6.45) is 0. The molecule has 0 radical (unpaired) electrons. The lowest BCUT2D eigenvalue weighted by molar-refractivity contribution is -0.140. The third-order valence-corrected chi connectivity index (χ3v) is 2.98. The Labute approximate surface area is 104 Å². The number of morpholine rings is 1. The van der Waals surface area contributed by atoms with Crippen molar-refractivity contribution in [3.05, 3.63) is 23.1 Å². The van der Waals surface area contributed by atoms with Crippen LogP contribution in [0.4, 0.5) is 0 Å². The molecule has 6 heteroatoms. The number of aliphatic carboxylic acids is 1. The molecule has 0 bridgehead atoms. The zero-order valence-electron chi connectivity index (χ0n) is 9.26. The standard InChI is InChI=1S/C11H14ClNO4/c12-10-2-1-9(17-10)8(11(14)15)7-13-3-5-16-6-4-13/h1-2,8H,3-7H2,(H,14,15). The summed E-state index contributed by atoms with van der Waals surface area (Å²) < 4.78 is 10.4. The van der Waals surface area contributed by atoms with Crippen molar-refractivity contribution in [1.82, 2.24) is 4.90 Å². The second kappa shape index (κ2) is 5.53. The maximum Gasteiger partial charge on any atom is 0.315 e. The Morgan fingerprint density at radius 2 is 2.18 bits per heavy atom. The molecule has 1 fully saturated rings. The van der Waals surface area contributed by atoms with E-state index in [0.29, 0.717) is 25.5 Å². The van der Waals surface area contributed by atoms with Gasteiger partial charge in [-0.05, 0) is 23.7 Å². The van der Waals surface area contributed by atoms with Crippen molar-refractivity contribution in [2.24, 2.45) is 0 Å². The van der Waals surface area contributed by atoms with E-state index >= 15 is 0 Å². The van der Waals surface area contributed by atoms with E-state index in [4.69, 9.17) is 20.8 Å². The minimum atomic E-state index is -0.900. The highest BCUT2D eigenvalue weighted by Crippen LogP contribution is 2.23. The lowest BCUT2D eigenvalue weighted by Crippen LogP contribution is -2.40. The number of hydrogen-bond acceptors (Lipinski definition) is 4. The molecule has 17 heavy (non-hydrogen) atoms. The molecule has 2 rings (SSSR count). The molecule has 5 nitrogen and oxygen atoms in total. The third-order valence-electron chi connectivity index (χ3n) is 2.78. The number of furan rings is 1. The number of halogens is 1. The second-order valence-electron chi connectivity index (χ2n) is 3.95. The Kier molecular flexibility index (Phi) is 4.04. The van der Waals surface area contributed by atoms with Crippen molar-refractivity contribution in [2.75, 3.05) is 32.8 Å². The Morgan fingerprint density at radius 1 is 1.47 bits per heavy atom. The molecule has 2 heterocycles. The summed E-state index contributed by atoms with van der Waals surface area (Å²) in [6, 6.07) is 3.17. The van der Waals surface area contributed by atoms with E-state index in [2.05, 4.69) is 4.90 Å². The van der Waals surface area contributed by atoms with Gasteiger partial charge in [-0.2, -0.15) is 0 Å². The Hall–Kier alpha value is -1.04. The largest absolute Gasteiger partial charge is 0.481 e. The van der Waals surface area contributed by atoms with Gasteiger partial charge in [0.2, 0.25) is 0 Å². The predicted molar refractivity (Wildman–Crippen MR) is 61.4 cm³/mol. The van der Waals surface area contributed by atoms with Gasteiger partial charge >= 0.3 is 5.97 Å². The number of ether oxygens (including phenoxy) is 1. The van der Waals surface area contributed by atoms with Crippen LogP contribution in [0.25, 0.3) is 0 Å². The van der Waals surface area contributed by atoms with E-state index in [0.717, 1.165) is 13.1 Å². The molecule has 0 amide bonds. The van der Waals surface area contributed by atoms with E-state index in [-0.39, 0.29) is 5.22 Å². The lowest BCUT2D eigenvalue weighted by Gasteiger charge is -2.28. The van der Waals surface area contributed by atoms with Crippen molar-refractivity contribution in [3.63, 3.8) is 0 Å². The molecule has 0 aliphatic carbocycles. The molecule has 94 valence electrons.